The van der Waals surface area contributed by atoms with E-state index in [1.165, 1.54) is 11.3 Å². The molecule has 2 unspecified atom stereocenters. The van der Waals surface area contributed by atoms with E-state index >= 15 is 0 Å². The van der Waals surface area contributed by atoms with E-state index in [0.29, 0.717) is 17.1 Å². The van der Waals surface area contributed by atoms with E-state index in [-0.39, 0.29) is 30.2 Å². The van der Waals surface area contributed by atoms with Gasteiger partial charge >= 0.3 is 0 Å². The number of likely N-dealkylation sites (N-methyl/N-ethyl adjacent to an activating group) is 1. The highest BCUT2D eigenvalue weighted by Crippen LogP contribution is 2.23. The zero-order valence-corrected chi connectivity index (χ0v) is 14.3. The molecule has 22 heavy (non-hydrogen) atoms. The van der Waals surface area contributed by atoms with Crippen LogP contribution in [0.25, 0.3) is 0 Å². The minimum Gasteiger partial charge on any atom is -0.444 e. The molecule has 0 aliphatic heterocycles. The van der Waals surface area contributed by atoms with Crippen molar-refractivity contribution in [2.45, 2.75) is 31.7 Å². The summed E-state index contributed by atoms with van der Waals surface area (Å²) >= 11 is 3.15. The van der Waals surface area contributed by atoms with Crippen LogP contribution in [0.3, 0.4) is 0 Å². The van der Waals surface area contributed by atoms with Crippen LogP contribution in [0.15, 0.2) is 21.2 Å². The van der Waals surface area contributed by atoms with Gasteiger partial charge in [-0.05, 0) is 53.4 Å². The van der Waals surface area contributed by atoms with Crippen LogP contribution in [0, 0.1) is 5.92 Å². The van der Waals surface area contributed by atoms with Gasteiger partial charge in [-0.3, -0.25) is 9.59 Å². The minimum atomic E-state index is -0.320. The third kappa shape index (κ3) is 4.33. The summed E-state index contributed by atoms with van der Waals surface area (Å²) in [6, 6.07) is 3.34. The quantitative estimate of drug-likeness (QED) is 0.824. The summed E-state index contributed by atoms with van der Waals surface area (Å²) in [6.45, 7) is 0.588. The van der Waals surface area contributed by atoms with Crippen molar-refractivity contribution in [2.75, 3.05) is 20.1 Å². The molecule has 1 aliphatic carbocycles. The van der Waals surface area contributed by atoms with Gasteiger partial charge in [0.05, 0.1) is 6.54 Å². The molecule has 0 aromatic carbocycles. The number of amides is 2. The van der Waals surface area contributed by atoms with Gasteiger partial charge in [0.15, 0.2) is 10.4 Å². The predicted octanol–water partition coefficient (Wildman–Crippen LogP) is 1.75. The molecule has 1 fully saturated rings. The van der Waals surface area contributed by atoms with Gasteiger partial charge in [-0.2, -0.15) is 0 Å². The Balaban J connectivity index is 1.86. The number of carbonyl (C=O) groups is 2. The molecule has 0 radical (unpaired) electrons. The van der Waals surface area contributed by atoms with Crippen LogP contribution in [-0.2, 0) is 4.79 Å². The van der Waals surface area contributed by atoms with Crippen molar-refractivity contribution in [3.8, 4) is 0 Å². The van der Waals surface area contributed by atoms with Crippen molar-refractivity contribution in [1.82, 2.24) is 10.2 Å². The zero-order valence-electron chi connectivity index (χ0n) is 12.7. The van der Waals surface area contributed by atoms with E-state index in [4.69, 9.17) is 10.2 Å². The Labute approximate surface area is 138 Å². The Kier molecular flexibility index (Phi) is 6.02. The van der Waals surface area contributed by atoms with E-state index in [1.54, 1.807) is 19.2 Å². The van der Waals surface area contributed by atoms with Gasteiger partial charge in [-0.1, -0.05) is 12.8 Å². The molecule has 0 bridgehead atoms. The lowest BCUT2D eigenvalue weighted by Gasteiger charge is -2.31. The maximum Gasteiger partial charge on any atom is 0.289 e. The predicted molar refractivity (Wildman–Crippen MR) is 86.3 cm³/mol. The maximum atomic E-state index is 12.1. The number of furan rings is 1. The van der Waals surface area contributed by atoms with Gasteiger partial charge in [0.25, 0.3) is 5.91 Å². The number of halogens is 1. The molecule has 1 aliphatic rings. The molecule has 2 amide bonds. The molecule has 7 heteroatoms. The Morgan fingerprint density at radius 1 is 1.41 bits per heavy atom. The molecule has 1 saturated carbocycles. The fourth-order valence-electron chi connectivity index (χ4n) is 2.84. The highest BCUT2D eigenvalue weighted by molar-refractivity contribution is 9.10. The molecular weight excluding hydrogens is 350 g/mol. The molecule has 0 saturated heterocycles. The normalized spacial score (nSPS) is 21.4. The molecule has 1 aromatic heterocycles. The van der Waals surface area contributed by atoms with E-state index in [1.807, 2.05) is 0 Å². The summed E-state index contributed by atoms with van der Waals surface area (Å²) < 4.78 is 5.70. The second-order valence-electron chi connectivity index (χ2n) is 5.72. The summed E-state index contributed by atoms with van der Waals surface area (Å²) in [4.78, 5) is 25.6. The first-order valence-corrected chi connectivity index (χ1v) is 8.30. The van der Waals surface area contributed by atoms with Gasteiger partial charge in [0.1, 0.15) is 0 Å². The Bertz CT molecular complexity index is 532. The summed E-state index contributed by atoms with van der Waals surface area (Å²) in [7, 11) is 1.58. The molecular formula is C15H22BrN3O3. The third-order valence-electron chi connectivity index (χ3n) is 4.07. The van der Waals surface area contributed by atoms with Crippen LogP contribution >= 0.6 is 15.9 Å². The average molecular weight is 372 g/mol. The fraction of sp³-hybridized carbons (Fsp3) is 0.600. The van der Waals surface area contributed by atoms with Crippen molar-refractivity contribution in [3.63, 3.8) is 0 Å². The van der Waals surface area contributed by atoms with Crippen LogP contribution in [0.1, 0.15) is 36.2 Å². The molecule has 1 heterocycles. The average Bonchev–Trinajstić information content (AvgIpc) is 2.93. The Morgan fingerprint density at radius 3 is 2.77 bits per heavy atom. The second kappa shape index (κ2) is 7.78. The SMILES string of the molecule is CN(CC(=O)NC1CCCCC1CN)C(=O)c1ccc(Br)o1. The number of nitrogens with zero attached hydrogens (tertiary/aromatic N) is 1. The first kappa shape index (κ1) is 17.0. The van der Waals surface area contributed by atoms with Gasteiger partial charge in [0.2, 0.25) is 5.91 Å². The van der Waals surface area contributed by atoms with E-state index in [9.17, 15) is 9.59 Å². The van der Waals surface area contributed by atoms with Crippen molar-refractivity contribution in [1.29, 1.82) is 0 Å². The molecule has 2 rings (SSSR count). The maximum absolute atomic E-state index is 12.1. The Hall–Kier alpha value is -1.34. The fourth-order valence-corrected chi connectivity index (χ4v) is 3.14. The summed E-state index contributed by atoms with van der Waals surface area (Å²) in [6.07, 6.45) is 4.28. The van der Waals surface area contributed by atoms with Crippen molar-refractivity contribution in [3.05, 3.63) is 22.6 Å². The van der Waals surface area contributed by atoms with Crippen molar-refractivity contribution in [2.24, 2.45) is 11.7 Å². The van der Waals surface area contributed by atoms with Gasteiger partial charge in [-0.15, -0.1) is 0 Å². The lowest BCUT2D eigenvalue weighted by atomic mass is 9.84. The monoisotopic (exact) mass is 371 g/mol. The van der Waals surface area contributed by atoms with Crippen LogP contribution in [0.2, 0.25) is 0 Å². The van der Waals surface area contributed by atoms with Crippen molar-refractivity contribution < 1.29 is 14.0 Å². The van der Waals surface area contributed by atoms with Crippen LogP contribution in [0.5, 0.6) is 0 Å². The van der Waals surface area contributed by atoms with Gasteiger partial charge < -0.3 is 20.4 Å². The number of carbonyl (C=O) groups excluding carboxylic acids is 2. The summed E-state index contributed by atoms with van der Waals surface area (Å²) in [5.74, 6) is 0.0612. The van der Waals surface area contributed by atoms with E-state index < -0.39 is 0 Å². The van der Waals surface area contributed by atoms with Crippen molar-refractivity contribution >= 4 is 27.7 Å². The van der Waals surface area contributed by atoms with E-state index in [2.05, 4.69) is 21.2 Å². The topological polar surface area (TPSA) is 88.6 Å². The number of nitrogens with one attached hydrogen (secondary N) is 1. The summed E-state index contributed by atoms with van der Waals surface area (Å²) in [5.41, 5.74) is 5.76. The smallest absolute Gasteiger partial charge is 0.289 e. The molecule has 3 N–H and O–H groups in total. The number of hydrogen-bond donors (Lipinski definition) is 2. The number of rotatable bonds is 5. The van der Waals surface area contributed by atoms with Crippen LogP contribution < -0.4 is 11.1 Å². The lowest BCUT2D eigenvalue weighted by Crippen LogP contribution is -2.48. The molecule has 0 spiro atoms. The van der Waals surface area contributed by atoms with Crippen LogP contribution in [0.4, 0.5) is 0 Å². The molecule has 122 valence electrons. The molecule has 2 atom stereocenters. The van der Waals surface area contributed by atoms with Gasteiger partial charge in [-0.25, -0.2) is 0 Å². The lowest BCUT2D eigenvalue weighted by molar-refractivity contribution is -0.122. The number of nitrogens with two attached hydrogens (primary N) is 1. The minimum absolute atomic E-state index is 0.00490. The summed E-state index contributed by atoms with van der Waals surface area (Å²) in [5, 5.41) is 3.01. The number of hydrogen-bond acceptors (Lipinski definition) is 4. The Morgan fingerprint density at radius 2 is 2.14 bits per heavy atom. The second-order valence-corrected chi connectivity index (χ2v) is 6.50. The molecule has 1 aromatic rings. The van der Waals surface area contributed by atoms with E-state index in [0.717, 1.165) is 19.3 Å². The highest BCUT2D eigenvalue weighted by atomic mass is 79.9. The first-order valence-electron chi connectivity index (χ1n) is 7.51. The third-order valence-corrected chi connectivity index (χ3v) is 4.50. The van der Waals surface area contributed by atoms with Crippen LogP contribution in [-0.4, -0.2) is 42.9 Å². The first-order chi connectivity index (χ1) is 10.5. The molecule has 6 nitrogen and oxygen atoms in total. The zero-order chi connectivity index (χ0) is 16.1. The van der Waals surface area contributed by atoms with Gasteiger partial charge in [0, 0.05) is 13.1 Å². The largest absolute Gasteiger partial charge is 0.444 e. The highest BCUT2D eigenvalue weighted by Gasteiger charge is 2.26. The standard InChI is InChI=1S/C15H22BrN3O3/c1-19(15(21)12-6-7-13(16)22-12)9-14(20)18-11-5-3-2-4-10(11)8-17/h6-7,10-11H,2-5,8-9,17H2,1H3,(H,18,20).